The number of rotatable bonds is 4. The molecule has 72 valence electrons. The van der Waals surface area contributed by atoms with Crippen molar-refractivity contribution in [3.63, 3.8) is 0 Å². The van der Waals surface area contributed by atoms with Gasteiger partial charge in [-0.1, -0.05) is 43.1 Å². The molecule has 0 saturated heterocycles. The van der Waals surface area contributed by atoms with E-state index in [1.54, 1.807) is 0 Å². The van der Waals surface area contributed by atoms with Crippen molar-refractivity contribution < 1.29 is 0 Å². The van der Waals surface area contributed by atoms with E-state index in [-0.39, 0.29) is 0 Å². The average molecular weight is 233 g/mol. The van der Waals surface area contributed by atoms with Crippen molar-refractivity contribution in [3.8, 4) is 0 Å². The normalized spacial score (nSPS) is 31.8. The molecule has 1 aliphatic rings. The molecule has 12 heavy (non-hydrogen) atoms. The van der Waals surface area contributed by atoms with Gasteiger partial charge in [-0.05, 0) is 37.0 Å². The van der Waals surface area contributed by atoms with Crippen molar-refractivity contribution >= 4 is 15.9 Å². The van der Waals surface area contributed by atoms with E-state index in [4.69, 9.17) is 0 Å². The summed E-state index contributed by atoms with van der Waals surface area (Å²) in [7, 11) is 0. The molecule has 0 amide bonds. The van der Waals surface area contributed by atoms with Crippen LogP contribution in [0.3, 0.4) is 0 Å². The molecule has 1 saturated carbocycles. The summed E-state index contributed by atoms with van der Waals surface area (Å²) in [5.41, 5.74) is 0. The molecule has 1 fully saturated rings. The second-order valence-electron chi connectivity index (χ2n) is 4.54. The van der Waals surface area contributed by atoms with Gasteiger partial charge in [0.05, 0.1) is 0 Å². The van der Waals surface area contributed by atoms with Crippen molar-refractivity contribution in [2.45, 2.75) is 51.3 Å². The largest absolute Gasteiger partial charge is 0.0888 e. The molecule has 0 heterocycles. The fraction of sp³-hybridized carbons (Fsp3) is 1.00. The maximum Gasteiger partial charge on any atom is 0.0174 e. The van der Waals surface area contributed by atoms with Crippen molar-refractivity contribution in [2.75, 3.05) is 0 Å². The molecule has 0 aromatic carbocycles. The maximum absolute atomic E-state index is 3.79. The Morgan fingerprint density at radius 1 is 1.25 bits per heavy atom. The number of alkyl halides is 1. The highest BCUT2D eigenvalue weighted by Crippen LogP contribution is 2.43. The van der Waals surface area contributed by atoms with Gasteiger partial charge in [-0.3, -0.25) is 0 Å². The Bertz CT molecular complexity index is 125. The van der Waals surface area contributed by atoms with Crippen LogP contribution in [0, 0.1) is 17.8 Å². The first-order valence-corrected chi connectivity index (χ1v) is 6.20. The minimum absolute atomic E-state index is 0.803. The van der Waals surface area contributed by atoms with E-state index < -0.39 is 0 Å². The van der Waals surface area contributed by atoms with Gasteiger partial charge in [0.1, 0.15) is 0 Å². The molecule has 1 heteroatoms. The molecule has 0 nitrogen and oxygen atoms in total. The summed E-state index contributed by atoms with van der Waals surface area (Å²) in [6.45, 7) is 6.97. The molecule has 0 aliphatic heterocycles. The lowest BCUT2D eigenvalue weighted by atomic mass is 9.68. The van der Waals surface area contributed by atoms with Crippen LogP contribution in [0.4, 0.5) is 0 Å². The van der Waals surface area contributed by atoms with Crippen LogP contribution in [0.2, 0.25) is 0 Å². The third-order valence-electron chi connectivity index (χ3n) is 3.23. The monoisotopic (exact) mass is 232 g/mol. The highest BCUT2D eigenvalue weighted by atomic mass is 79.9. The van der Waals surface area contributed by atoms with Crippen LogP contribution in [0.15, 0.2) is 0 Å². The molecule has 0 aromatic heterocycles. The van der Waals surface area contributed by atoms with Crippen LogP contribution in [0.5, 0.6) is 0 Å². The first-order chi connectivity index (χ1) is 5.65. The predicted molar refractivity (Wildman–Crippen MR) is 58.7 cm³/mol. The molecule has 1 aliphatic carbocycles. The van der Waals surface area contributed by atoms with Crippen molar-refractivity contribution in [2.24, 2.45) is 17.8 Å². The molecule has 0 spiro atoms. The van der Waals surface area contributed by atoms with E-state index in [0.29, 0.717) is 0 Å². The lowest BCUT2D eigenvalue weighted by molar-refractivity contribution is 0.138. The number of halogens is 1. The van der Waals surface area contributed by atoms with E-state index in [2.05, 4.69) is 36.7 Å². The maximum atomic E-state index is 3.79. The Hall–Kier alpha value is 0.480. The Kier molecular flexibility index (Phi) is 4.09. The van der Waals surface area contributed by atoms with Gasteiger partial charge < -0.3 is 0 Å². The molecule has 0 N–H and O–H groups in total. The fourth-order valence-corrected chi connectivity index (χ4v) is 2.95. The summed E-state index contributed by atoms with van der Waals surface area (Å²) >= 11 is 3.79. The van der Waals surface area contributed by atoms with Gasteiger partial charge >= 0.3 is 0 Å². The molecule has 0 bridgehead atoms. The van der Waals surface area contributed by atoms with Crippen LogP contribution in [0.1, 0.15) is 46.5 Å². The van der Waals surface area contributed by atoms with Crippen molar-refractivity contribution in [1.29, 1.82) is 0 Å². The van der Waals surface area contributed by atoms with Gasteiger partial charge in [0.15, 0.2) is 0 Å². The lowest BCUT2D eigenvalue weighted by Crippen LogP contribution is -2.33. The summed E-state index contributed by atoms with van der Waals surface area (Å²) < 4.78 is 0. The zero-order chi connectivity index (χ0) is 9.14. The average Bonchev–Trinajstić information content (AvgIpc) is 1.82. The Labute approximate surface area is 85.3 Å². The molecular weight excluding hydrogens is 212 g/mol. The number of hydrogen-bond donors (Lipinski definition) is 0. The summed E-state index contributed by atoms with van der Waals surface area (Å²) in [5.74, 6) is 2.91. The molecule has 1 rings (SSSR count). The molecule has 0 radical (unpaired) electrons. The quantitative estimate of drug-likeness (QED) is 0.637. The summed E-state index contributed by atoms with van der Waals surface area (Å²) in [6.07, 6.45) is 5.61. The SMILES string of the molecule is CCCC(Br)C1CC(C(C)C)C1. The van der Waals surface area contributed by atoms with Gasteiger partial charge in [0.2, 0.25) is 0 Å². The van der Waals surface area contributed by atoms with E-state index in [1.165, 1.54) is 25.7 Å². The number of hydrogen-bond acceptors (Lipinski definition) is 0. The predicted octanol–water partition coefficient (Wildman–Crippen LogP) is 4.23. The van der Waals surface area contributed by atoms with E-state index in [9.17, 15) is 0 Å². The van der Waals surface area contributed by atoms with E-state index >= 15 is 0 Å². The minimum Gasteiger partial charge on any atom is -0.0888 e. The fourth-order valence-electron chi connectivity index (χ4n) is 2.06. The second-order valence-corrected chi connectivity index (χ2v) is 5.72. The highest BCUT2D eigenvalue weighted by Gasteiger charge is 2.34. The van der Waals surface area contributed by atoms with E-state index in [1.807, 2.05) is 0 Å². The zero-order valence-electron chi connectivity index (χ0n) is 8.52. The molecule has 1 atom stereocenters. The second kappa shape index (κ2) is 4.64. The standard InChI is InChI=1S/C11H21Br/c1-4-5-11(12)10-6-9(7-10)8(2)3/h8-11H,4-7H2,1-3H3. The van der Waals surface area contributed by atoms with Crippen LogP contribution in [0.25, 0.3) is 0 Å². The van der Waals surface area contributed by atoms with Crippen LogP contribution >= 0.6 is 15.9 Å². The van der Waals surface area contributed by atoms with Gasteiger partial charge in [-0.15, -0.1) is 0 Å². The summed E-state index contributed by atoms with van der Waals surface area (Å²) in [5, 5.41) is 0. The van der Waals surface area contributed by atoms with Gasteiger partial charge in [-0.2, -0.15) is 0 Å². The summed E-state index contributed by atoms with van der Waals surface area (Å²) in [6, 6.07) is 0. The van der Waals surface area contributed by atoms with Crippen molar-refractivity contribution in [1.82, 2.24) is 0 Å². The van der Waals surface area contributed by atoms with Gasteiger partial charge in [-0.25, -0.2) is 0 Å². The molecular formula is C11H21Br. The lowest BCUT2D eigenvalue weighted by Gasteiger charge is -2.40. The van der Waals surface area contributed by atoms with Crippen LogP contribution < -0.4 is 0 Å². The smallest absolute Gasteiger partial charge is 0.0174 e. The first-order valence-electron chi connectivity index (χ1n) is 5.29. The minimum atomic E-state index is 0.803. The Morgan fingerprint density at radius 2 is 1.83 bits per heavy atom. The third kappa shape index (κ3) is 2.48. The molecule has 1 unspecified atom stereocenters. The first kappa shape index (κ1) is 10.6. The Balaban J connectivity index is 2.16. The topological polar surface area (TPSA) is 0 Å². The Morgan fingerprint density at radius 3 is 2.25 bits per heavy atom. The van der Waals surface area contributed by atoms with E-state index in [0.717, 1.165) is 22.6 Å². The van der Waals surface area contributed by atoms with Crippen LogP contribution in [-0.4, -0.2) is 4.83 Å². The van der Waals surface area contributed by atoms with Crippen molar-refractivity contribution in [3.05, 3.63) is 0 Å². The highest BCUT2D eigenvalue weighted by molar-refractivity contribution is 9.09. The van der Waals surface area contributed by atoms with Gasteiger partial charge in [0.25, 0.3) is 0 Å². The molecule has 0 aromatic rings. The summed E-state index contributed by atoms with van der Waals surface area (Å²) in [4.78, 5) is 0.803. The van der Waals surface area contributed by atoms with Crippen LogP contribution in [-0.2, 0) is 0 Å². The zero-order valence-corrected chi connectivity index (χ0v) is 10.1. The third-order valence-corrected chi connectivity index (χ3v) is 4.44. The van der Waals surface area contributed by atoms with Gasteiger partial charge in [0, 0.05) is 4.83 Å².